The van der Waals surface area contributed by atoms with Gasteiger partial charge in [0.25, 0.3) is 0 Å². The third-order valence-corrected chi connectivity index (χ3v) is 3.70. The molecule has 0 bridgehead atoms. The number of carboxylic acid groups (broad SMARTS) is 1. The molecule has 3 nitrogen and oxygen atoms in total. The summed E-state index contributed by atoms with van der Waals surface area (Å²) in [5.74, 6) is -0.619. The molecule has 14 heavy (non-hydrogen) atoms. The Bertz CT molecular complexity index is 233. The van der Waals surface area contributed by atoms with Gasteiger partial charge in [0.2, 0.25) is 0 Å². The fourth-order valence-corrected chi connectivity index (χ4v) is 2.58. The normalized spacial score (nSPS) is 35.2. The molecule has 2 rings (SSSR count). The van der Waals surface area contributed by atoms with E-state index in [1.807, 2.05) is 0 Å². The molecular formula is C11H18O3. The molecule has 2 fully saturated rings. The second-order valence-corrected chi connectivity index (χ2v) is 4.79. The maximum atomic E-state index is 11.1. The van der Waals surface area contributed by atoms with Crippen LogP contribution in [-0.2, 0) is 9.53 Å². The second-order valence-electron chi connectivity index (χ2n) is 4.79. The molecule has 0 amide bonds. The van der Waals surface area contributed by atoms with Crippen LogP contribution in [0.25, 0.3) is 0 Å². The van der Waals surface area contributed by atoms with Crippen molar-refractivity contribution in [2.45, 2.75) is 57.7 Å². The molecule has 0 aromatic carbocycles. The summed E-state index contributed by atoms with van der Waals surface area (Å²) in [6.45, 7) is 2.06. The molecule has 1 heterocycles. The van der Waals surface area contributed by atoms with Crippen LogP contribution in [0.3, 0.4) is 0 Å². The van der Waals surface area contributed by atoms with E-state index in [9.17, 15) is 4.79 Å². The summed E-state index contributed by atoms with van der Waals surface area (Å²) in [6.07, 6.45) is 6.12. The van der Waals surface area contributed by atoms with Gasteiger partial charge >= 0.3 is 5.97 Å². The Hall–Kier alpha value is -0.570. The van der Waals surface area contributed by atoms with E-state index in [1.54, 1.807) is 0 Å². The molecular weight excluding hydrogens is 180 g/mol. The highest BCUT2D eigenvalue weighted by atomic mass is 16.5. The number of ether oxygens (including phenoxy) is 1. The van der Waals surface area contributed by atoms with Crippen LogP contribution in [0.2, 0.25) is 0 Å². The third kappa shape index (κ3) is 1.65. The zero-order valence-electron chi connectivity index (χ0n) is 8.66. The minimum Gasteiger partial charge on any atom is -0.481 e. The van der Waals surface area contributed by atoms with Gasteiger partial charge in [-0.1, -0.05) is 6.42 Å². The van der Waals surface area contributed by atoms with Crippen LogP contribution in [0.5, 0.6) is 0 Å². The van der Waals surface area contributed by atoms with Crippen molar-refractivity contribution in [2.24, 2.45) is 5.41 Å². The summed E-state index contributed by atoms with van der Waals surface area (Å²) in [4.78, 5) is 11.1. The highest BCUT2D eigenvalue weighted by Crippen LogP contribution is 2.46. The van der Waals surface area contributed by atoms with Crippen molar-refractivity contribution >= 4 is 5.97 Å². The molecule has 80 valence electrons. The van der Waals surface area contributed by atoms with Crippen molar-refractivity contribution in [1.82, 2.24) is 0 Å². The molecule has 1 saturated heterocycles. The van der Waals surface area contributed by atoms with Crippen molar-refractivity contribution in [3.05, 3.63) is 0 Å². The summed E-state index contributed by atoms with van der Waals surface area (Å²) < 4.78 is 5.68. The zero-order chi connectivity index (χ0) is 10.2. The first-order chi connectivity index (χ1) is 6.62. The van der Waals surface area contributed by atoms with E-state index < -0.39 is 11.4 Å². The third-order valence-electron chi connectivity index (χ3n) is 3.70. The Labute approximate surface area is 84.4 Å². The van der Waals surface area contributed by atoms with Crippen LogP contribution >= 0.6 is 0 Å². The van der Waals surface area contributed by atoms with Gasteiger partial charge in [-0.25, -0.2) is 0 Å². The molecule has 0 aromatic heterocycles. The quantitative estimate of drug-likeness (QED) is 0.756. The van der Waals surface area contributed by atoms with Gasteiger partial charge in [-0.2, -0.15) is 0 Å². The van der Waals surface area contributed by atoms with Crippen molar-refractivity contribution in [2.75, 3.05) is 0 Å². The zero-order valence-corrected chi connectivity index (χ0v) is 8.66. The monoisotopic (exact) mass is 198 g/mol. The Morgan fingerprint density at radius 1 is 1.50 bits per heavy atom. The van der Waals surface area contributed by atoms with Gasteiger partial charge in [-0.3, -0.25) is 4.79 Å². The lowest BCUT2D eigenvalue weighted by Gasteiger charge is -2.39. The van der Waals surface area contributed by atoms with Gasteiger partial charge in [0.15, 0.2) is 0 Å². The molecule has 3 heteroatoms. The summed E-state index contributed by atoms with van der Waals surface area (Å²) in [7, 11) is 0. The van der Waals surface area contributed by atoms with E-state index in [2.05, 4.69) is 6.92 Å². The summed E-state index contributed by atoms with van der Waals surface area (Å²) >= 11 is 0. The second kappa shape index (κ2) is 3.54. The SMILES string of the molecule is CC1CCC(CC2(C(=O)O)CCC2)O1. The van der Waals surface area contributed by atoms with Gasteiger partial charge in [-0.15, -0.1) is 0 Å². The van der Waals surface area contributed by atoms with Crippen molar-refractivity contribution in [3.8, 4) is 0 Å². The van der Waals surface area contributed by atoms with E-state index in [4.69, 9.17) is 9.84 Å². The first-order valence-corrected chi connectivity index (χ1v) is 5.51. The van der Waals surface area contributed by atoms with E-state index in [0.29, 0.717) is 6.10 Å². The standard InChI is InChI=1S/C11H18O3/c1-8-3-4-9(14-8)7-11(10(12)13)5-2-6-11/h8-9H,2-7H2,1H3,(H,12,13). The number of hydrogen-bond acceptors (Lipinski definition) is 2. The molecule has 2 aliphatic rings. The Balaban J connectivity index is 1.92. The van der Waals surface area contributed by atoms with E-state index in [-0.39, 0.29) is 6.10 Å². The Morgan fingerprint density at radius 2 is 2.21 bits per heavy atom. The van der Waals surface area contributed by atoms with Gasteiger partial charge in [0.05, 0.1) is 17.6 Å². The van der Waals surface area contributed by atoms with Gasteiger partial charge in [-0.05, 0) is 39.0 Å². The number of rotatable bonds is 3. The van der Waals surface area contributed by atoms with Crippen molar-refractivity contribution in [3.63, 3.8) is 0 Å². The number of hydrogen-bond donors (Lipinski definition) is 1. The average Bonchev–Trinajstić information content (AvgIpc) is 2.43. The molecule has 0 aromatic rings. The predicted molar refractivity (Wildman–Crippen MR) is 52.1 cm³/mol. The highest BCUT2D eigenvalue weighted by molar-refractivity contribution is 5.75. The number of carbonyl (C=O) groups is 1. The topological polar surface area (TPSA) is 46.5 Å². The average molecular weight is 198 g/mol. The van der Waals surface area contributed by atoms with Gasteiger partial charge < -0.3 is 9.84 Å². The molecule has 2 atom stereocenters. The minimum atomic E-state index is -0.619. The molecule has 0 spiro atoms. The first-order valence-electron chi connectivity index (χ1n) is 5.51. The molecule has 1 saturated carbocycles. The largest absolute Gasteiger partial charge is 0.481 e. The smallest absolute Gasteiger partial charge is 0.309 e. The van der Waals surface area contributed by atoms with E-state index in [1.165, 1.54) is 0 Å². The van der Waals surface area contributed by atoms with Crippen molar-refractivity contribution < 1.29 is 14.6 Å². The maximum absolute atomic E-state index is 11.1. The lowest BCUT2D eigenvalue weighted by Crippen LogP contribution is -2.40. The Kier molecular flexibility index (Phi) is 2.52. The summed E-state index contributed by atoms with van der Waals surface area (Å²) in [5, 5.41) is 9.15. The lowest BCUT2D eigenvalue weighted by atomic mass is 9.65. The maximum Gasteiger partial charge on any atom is 0.309 e. The fraction of sp³-hybridized carbons (Fsp3) is 0.909. The van der Waals surface area contributed by atoms with Gasteiger partial charge in [0, 0.05) is 0 Å². The van der Waals surface area contributed by atoms with Crippen LogP contribution < -0.4 is 0 Å². The molecule has 1 aliphatic carbocycles. The minimum absolute atomic E-state index is 0.196. The number of aliphatic carboxylic acids is 1. The van der Waals surface area contributed by atoms with Crippen LogP contribution in [0, 0.1) is 5.41 Å². The van der Waals surface area contributed by atoms with Crippen LogP contribution in [0.4, 0.5) is 0 Å². The van der Waals surface area contributed by atoms with Crippen molar-refractivity contribution in [1.29, 1.82) is 0 Å². The summed E-state index contributed by atoms with van der Waals surface area (Å²) in [5.41, 5.74) is -0.436. The first kappa shape index (κ1) is 9.97. The van der Waals surface area contributed by atoms with E-state index in [0.717, 1.165) is 38.5 Å². The summed E-state index contributed by atoms with van der Waals surface area (Å²) in [6, 6.07) is 0. The Morgan fingerprint density at radius 3 is 2.57 bits per heavy atom. The molecule has 2 unspecified atom stereocenters. The number of carboxylic acids is 1. The van der Waals surface area contributed by atoms with E-state index >= 15 is 0 Å². The lowest BCUT2D eigenvalue weighted by molar-refractivity contribution is -0.158. The molecule has 1 N–H and O–H groups in total. The highest BCUT2D eigenvalue weighted by Gasteiger charge is 2.46. The van der Waals surface area contributed by atoms with Crippen LogP contribution in [0.1, 0.15) is 45.4 Å². The molecule has 1 aliphatic heterocycles. The van der Waals surface area contributed by atoms with Crippen LogP contribution in [0.15, 0.2) is 0 Å². The predicted octanol–water partition coefficient (Wildman–Crippen LogP) is 2.20. The van der Waals surface area contributed by atoms with Gasteiger partial charge in [0.1, 0.15) is 0 Å². The molecule has 0 radical (unpaired) electrons. The van der Waals surface area contributed by atoms with Crippen LogP contribution in [-0.4, -0.2) is 23.3 Å². The fourth-order valence-electron chi connectivity index (χ4n) is 2.58.